The van der Waals surface area contributed by atoms with E-state index >= 15 is 0 Å². The summed E-state index contributed by atoms with van der Waals surface area (Å²) in [6.45, 7) is 5.60. The molecule has 1 aromatic heterocycles. The number of ether oxygens (including phenoxy) is 1. The summed E-state index contributed by atoms with van der Waals surface area (Å²) in [5, 5.41) is 0. The Bertz CT molecular complexity index is 1370. The number of sulfone groups is 1. The molecule has 0 radical (unpaired) electrons. The number of rotatable bonds is 8. The lowest BCUT2D eigenvalue weighted by molar-refractivity contribution is -0.151. The highest BCUT2D eigenvalue weighted by Crippen LogP contribution is 2.29. The Morgan fingerprint density at radius 2 is 1.69 bits per heavy atom. The lowest BCUT2D eigenvalue weighted by Gasteiger charge is -2.38. The highest BCUT2D eigenvalue weighted by Gasteiger charge is 2.39. The van der Waals surface area contributed by atoms with Crippen LogP contribution < -0.4 is 10.2 Å². The molecule has 0 bridgehead atoms. The molecule has 2 amide bonds. The molecule has 2 unspecified atom stereocenters. The standard InChI is InChI=1S/C29H33N3O6S/c1-29(2,3)38-31-27(33)26-18-21(15-17-32(26)28(34)22-8-7-16-30-19-22)20-39(35,36)25-13-11-24(12-14-25)37-23-9-5-4-6-10-23/h4-14,16,19,21,26H,15,17-18,20H2,1-3H3,(H,31,33). The summed E-state index contributed by atoms with van der Waals surface area (Å²) in [4.78, 5) is 37.5. The second kappa shape index (κ2) is 12.0. The van der Waals surface area contributed by atoms with Gasteiger partial charge < -0.3 is 9.64 Å². The fraction of sp³-hybridized carbons (Fsp3) is 0.345. The van der Waals surface area contributed by atoms with Crippen molar-refractivity contribution in [2.24, 2.45) is 5.92 Å². The van der Waals surface area contributed by atoms with E-state index in [1.165, 1.54) is 23.2 Å². The quantitative estimate of drug-likeness (QED) is 0.412. The summed E-state index contributed by atoms with van der Waals surface area (Å²) >= 11 is 0. The Hall–Kier alpha value is -3.76. The number of hydroxylamine groups is 1. The third-order valence-electron chi connectivity index (χ3n) is 6.26. The summed E-state index contributed by atoms with van der Waals surface area (Å²) in [6, 6.07) is 17.9. The van der Waals surface area contributed by atoms with Crippen LogP contribution in [0.1, 0.15) is 44.0 Å². The van der Waals surface area contributed by atoms with Gasteiger partial charge in [-0.15, -0.1) is 0 Å². The first-order valence-electron chi connectivity index (χ1n) is 12.8. The number of hydrogen-bond acceptors (Lipinski definition) is 7. The van der Waals surface area contributed by atoms with Crippen LogP contribution in [0.2, 0.25) is 0 Å². The normalized spacial score (nSPS) is 17.9. The van der Waals surface area contributed by atoms with Crippen molar-refractivity contribution in [3.05, 3.63) is 84.7 Å². The second-order valence-electron chi connectivity index (χ2n) is 10.5. The monoisotopic (exact) mass is 551 g/mol. The molecule has 206 valence electrons. The topological polar surface area (TPSA) is 115 Å². The van der Waals surface area contributed by atoms with Gasteiger partial charge in [-0.25, -0.2) is 13.9 Å². The Labute approximate surface area is 229 Å². The number of nitrogens with zero attached hydrogens (tertiary/aromatic N) is 2. The Balaban J connectivity index is 1.47. The second-order valence-corrected chi connectivity index (χ2v) is 12.5. The van der Waals surface area contributed by atoms with Gasteiger partial charge in [-0.3, -0.25) is 19.4 Å². The van der Waals surface area contributed by atoms with Gasteiger partial charge in [0.25, 0.3) is 11.8 Å². The Morgan fingerprint density at radius 1 is 1.00 bits per heavy atom. The van der Waals surface area contributed by atoms with Crippen molar-refractivity contribution in [2.45, 2.75) is 50.2 Å². The van der Waals surface area contributed by atoms with Gasteiger partial charge in [0, 0.05) is 18.9 Å². The summed E-state index contributed by atoms with van der Waals surface area (Å²) in [5.41, 5.74) is 2.18. The van der Waals surface area contributed by atoms with Gasteiger partial charge in [-0.05, 0) is 88.1 Å². The van der Waals surface area contributed by atoms with Crippen molar-refractivity contribution < 1.29 is 27.6 Å². The van der Waals surface area contributed by atoms with Crippen LogP contribution in [0.5, 0.6) is 11.5 Å². The lowest BCUT2D eigenvalue weighted by atomic mass is 9.91. The number of likely N-dealkylation sites (tertiary alicyclic amines) is 1. The molecule has 1 aliphatic heterocycles. The van der Waals surface area contributed by atoms with Crippen molar-refractivity contribution in [3.63, 3.8) is 0 Å². The largest absolute Gasteiger partial charge is 0.457 e. The van der Waals surface area contributed by atoms with Crippen molar-refractivity contribution in [3.8, 4) is 11.5 Å². The third kappa shape index (κ3) is 7.64. The number of benzene rings is 2. The highest BCUT2D eigenvalue weighted by molar-refractivity contribution is 7.91. The minimum atomic E-state index is -3.66. The van der Waals surface area contributed by atoms with Crippen LogP contribution in [0.3, 0.4) is 0 Å². The average molecular weight is 552 g/mol. The first-order valence-corrected chi connectivity index (χ1v) is 14.4. The molecular formula is C29H33N3O6S. The number of nitrogens with one attached hydrogen (secondary N) is 1. The third-order valence-corrected chi connectivity index (χ3v) is 8.16. The molecule has 4 rings (SSSR count). The SMILES string of the molecule is CC(C)(C)ONC(=O)C1CC(CS(=O)(=O)c2ccc(Oc3ccccc3)cc2)CCN1C(=O)c1cccnc1. The van der Waals surface area contributed by atoms with Gasteiger partial charge >= 0.3 is 0 Å². The number of piperidine rings is 1. The average Bonchev–Trinajstić information content (AvgIpc) is 2.92. The predicted molar refractivity (Wildman–Crippen MR) is 146 cm³/mol. The minimum absolute atomic E-state index is 0.148. The van der Waals surface area contributed by atoms with E-state index in [1.807, 2.05) is 30.3 Å². The van der Waals surface area contributed by atoms with E-state index in [0.717, 1.165) is 0 Å². The van der Waals surface area contributed by atoms with E-state index in [0.29, 0.717) is 23.5 Å². The van der Waals surface area contributed by atoms with Crippen LogP contribution in [0.25, 0.3) is 0 Å². The molecule has 0 saturated carbocycles. The number of para-hydroxylation sites is 1. The van der Waals surface area contributed by atoms with Crippen LogP contribution >= 0.6 is 0 Å². The van der Waals surface area contributed by atoms with Gasteiger partial charge in [0.2, 0.25) is 0 Å². The van der Waals surface area contributed by atoms with Crippen molar-refractivity contribution in [1.29, 1.82) is 0 Å². The molecule has 2 atom stereocenters. The predicted octanol–water partition coefficient (Wildman–Crippen LogP) is 4.41. The van der Waals surface area contributed by atoms with Gasteiger partial charge in [0.1, 0.15) is 17.5 Å². The molecule has 1 aliphatic rings. The van der Waals surface area contributed by atoms with Gasteiger partial charge in [0.05, 0.1) is 21.8 Å². The molecule has 3 aromatic rings. The van der Waals surface area contributed by atoms with Crippen LogP contribution in [0, 0.1) is 5.92 Å². The number of hydrogen-bond donors (Lipinski definition) is 1. The van der Waals surface area contributed by atoms with Crippen molar-refractivity contribution in [1.82, 2.24) is 15.4 Å². The van der Waals surface area contributed by atoms with E-state index in [2.05, 4.69) is 10.5 Å². The Morgan fingerprint density at radius 3 is 2.33 bits per heavy atom. The highest BCUT2D eigenvalue weighted by atomic mass is 32.2. The molecule has 1 saturated heterocycles. The lowest BCUT2D eigenvalue weighted by Crippen LogP contribution is -2.55. The summed E-state index contributed by atoms with van der Waals surface area (Å²) in [5.74, 6) is -0.136. The molecule has 10 heteroatoms. The van der Waals surface area contributed by atoms with Gasteiger partial charge in [0.15, 0.2) is 9.84 Å². The zero-order valence-corrected chi connectivity index (χ0v) is 23.1. The number of aromatic nitrogens is 1. The van der Waals surface area contributed by atoms with Crippen LogP contribution in [-0.4, -0.2) is 54.1 Å². The molecule has 2 heterocycles. The van der Waals surface area contributed by atoms with E-state index in [4.69, 9.17) is 9.57 Å². The molecular weight excluding hydrogens is 518 g/mol. The zero-order chi connectivity index (χ0) is 28.0. The zero-order valence-electron chi connectivity index (χ0n) is 22.2. The first kappa shape index (κ1) is 28.3. The van der Waals surface area contributed by atoms with Crippen molar-refractivity contribution >= 4 is 21.7 Å². The number of carbonyl (C=O) groups excluding carboxylic acids is 2. The van der Waals surface area contributed by atoms with Crippen LogP contribution in [-0.2, 0) is 19.5 Å². The molecule has 39 heavy (non-hydrogen) atoms. The molecule has 0 aliphatic carbocycles. The minimum Gasteiger partial charge on any atom is -0.457 e. The molecule has 1 fully saturated rings. The van der Waals surface area contributed by atoms with Crippen LogP contribution in [0.15, 0.2) is 84.0 Å². The van der Waals surface area contributed by atoms with Gasteiger partial charge in [-0.1, -0.05) is 18.2 Å². The number of amides is 2. The molecule has 1 N–H and O–H groups in total. The number of carbonyl (C=O) groups is 2. The maximum Gasteiger partial charge on any atom is 0.266 e. The molecule has 0 spiro atoms. The Kier molecular flexibility index (Phi) is 8.66. The fourth-order valence-corrected chi connectivity index (χ4v) is 6.02. The van der Waals surface area contributed by atoms with Crippen LogP contribution in [0.4, 0.5) is 0 Å². The molecule has 2 aromatic carbocycles. The van der Waals surface area contributed by atoms with Crippen molar-refractivity contribution in [2.75, 3.05) is 12.3 Å². The maximum atomic E-state index is 13.3. The smallest absolute Gasteiger partial charge is 0.266 e. The van der Waals surface area contributed by atoms with E-state index in [1.54, 1.807) is 51.2 Å². The maximum absolute atomic E-state index is 13.3. The first-order chi connectivity index (χ1) is 18.5. The van der Waals surface area contributed by atoms with E-state index in [-0.39, 0.29) is 35.4 Å². The van der Waals surface area contributed by atoms with E-state index < -0.39 is 27.4 Å². The summed E-state index contributed by atoms with van der Waals surface area (Å²) in [7, 11) is -3.66. The van der Waals surface area contributed by atoms with E-state index in [9.17, 15) is 18.0 Å². The molecule has 9 nitrogen and oxygen atoms in total. The number of pyridine rings is 1. The summed E-state index contributed by atoms with van der Waals surface area (Å²) in [6.07, 6.45) is 3.63. The summed E-state index contributed by atoms with van der Waals surface area (Å²) < 4.78 is 32.3. The van der Waals surface area contributed by atoms with Gasteiger partial charge in [-0.2, -0.15) is 0 Å². The fourth-order valence-electron chi connectivity index (χ4n) is 4.35.